The van der Waals surface area contributed by atoms with Crippen molar-refractivity contribution in [3.8, 4) is 5.75 Å². The minimum absolute atomic E-state index is 0.0465. The predicted octanol–water partition coefficient (Wildman–Crippen LogP) is 2.43. The lowest BCUT2D eigenvalue weighted by molar-refractivity contribution is -0.118. The van der Waals surface area contributed by atoms with Crippen LogP contribution in [0.4, 0.5) is 0 Å². The van der Waals surface area contributed by atoms with Crippen LogP contribution in [0.3, 0.4) is 0 Å². The molecule has 3 rings (SSSR count). The molecule has 1 aromatic carbocycles. The van der Waals surface area contributed by atoms with Gasteiger partial charge in [-0.15, -0.1) is 0 Å². The number of amidine groups is 1. The summed E-state index contributed by atoms with van der Waals surface area (Å²) in [5, 5.41) is 10.3. The summed E-state index contributed by atoms with van der Waals surface area (Å²) in [6, 6.07) is 6.65. The quantitative estimate of drug-likeness (QED) is 0.853. The van der Waals surface area contributed by atoms with E-state index < -0.39 is 5.92 Å². The Balaban J connectivity index is 2.06. The lowest BCUT2D eigenvalue weighted by atomic mass is 9.96. The Labute approximate surface area is 114 Å². The van der Waals surface area contributed by atoms with Gasteiger partial charge < -0.3 is 5.11 Å². The van der Waals surface area contributed by atoms with Crippen molar-refractivity contribution in [2.45, 2.75) is 0 Å². The predicted molar refractivity (Wildman–Crippen MR) is 73.7 cm³/mol. The first-order valence-corrected chi connectivity index (χ1v) is 6.08. The SMILES string of the molecule is O=C1N=C(c2ccccc2O)N=C2C=CC(Cl)=CC12. The molecule has 94 valence electrons. The number of hydrogen-bond donors (Lipinski definition) is 1. The number of amides is 1. The molecule has 1 amide bonds. The van der Waals surface area contributed by atoms with Gasteiger partial charge in [0.05, 0.1) is 11.3 Å². The van der Waals surface area contributed by atoms with Crippen LogP contribution in [0, 0.1) is 5.92 Å². The molecular formula is C14H9ClN2O2. The van der Waals surface area contributed by atoms with Crippen LogP contribution >= 0.6 is 11.6 Å². The van der Waals surface area contributed by atoms with Gasteiger partial charge in [-0.3, -0.25) is 4.79 Å². The van der Waals surface area contributed by atoms with E-state index in [1.807, 2.05) is 0 Å². The van der Waals surface area contributed by atoms with E-state index in [4.69, 9.17) is 11.6 Å². The molecule has 1 aliphatic carbocycles. The molecule has 1 aliphatic heterocycles. The van der Waals surface area contributed by atoms with E-state index in [2.05, 4.69) is 9.98 Å². The summed E-state index contributed by atoms with van der Waals surface area (Å²) < 4.78 is 0. The lowest BCUT2D eigenvalue weighted by Gasteiger charge is -2.18. The number of phenolic OH excluding ortho intramolecular Hbond substituents is 1. The van der Waals surface area contributed by atoms with Gasteiger partial charge in [0.2, 0.25) is 0 Å². The molecule has 0 radical (unpaired) electrons. The van der Waals surface area contributed by atoms with E-state index in [1.165, 1.54) is 6.07 Å². The number of nitrogens with zero attached hydrogens (tertiary/aromatic N) is 2. The van der Waals surface area contributed by atoms with E-state index in [1.54, 1.807) is 36.4 Å². The molecule has 0 bridgehead atoms. The van der Waals surface area contributed by atoms with Crippen LogP contribution in [0.25, 0.3) is 0 Å². The van der Waals surface area contributed by atoms with Gasteiger partial charge in [-0.25, -0.2) is 4.99 Å². The molecular weight excluding hydrogens is 264 g/mol. The molecule has 1 heterocycles. The number of carbonyl (C=O) groups excluding carboxylic acids is 1. The summed E-state index contributed by atoms with van der Waals surface area (Å²) in [5.74, 6) is -0.575. The normalized spacial score (nSPS) is 21.4. The van der Waals surface area contributed by atoms with Gasteiger partial charge in [-0.2, -0.15) is 4.99 Å². The van der Waals surface area contributed by atoms with Gasteiger partial charge in [0.25, 0.3) is 5.91 Å². The van der Waals surface area contributed by atoms with Crippen LogP contribution in [0.1, 0.15) is 5.56 Å². The molecule has 1 aromatic rings. The second-order valence-electron chi connectivity index (χ2n) is 4.19. The zero-order valence-electron chi connectivity index (χ0n) is 9.75. The lowest BCUT2D eigenvalue weighted by Crippen LogP contribution is -2.27. The molecule has 19 heavy (non-hydrogen) atoms. The summed E-state index contributed by atoms with van der Waals surface area (Å²) in [5.41, 5.74) is 1.03. The highest BCUT2D eigenvalue weighted by atomic mass is 35.5. The first-order chi connectivity index (χ1) is 9.15. The van der Waals surface area contributed by atoms with E-state index in [0.29, 0.717) is 16.3 Å². The fourth-order valence-corrected chi connectivity index (χ4v) is 2.17. The fraction of sp³-hybridized carbons (Fsp3) is 0.0714. The fourth-order valence-electron chi connectivity index (χ4n) is 1.98. The number of phenols is 1. The average molecular weight is 273 g/mol. The summed E-state index contributed by atoms with van der Waals surface area (Å²) in [6.45, 7) is 0. The number of benzene rings is 1. The number of fused-ring (bicyclic) bond motifs is 1. The van der Waals surface area contributed by atoms with E-state index in [9.17, 15) is 9.90 Å². The topological polar surface area (TPSA) is 62.0 Å². The number of hydrogen-bond acceptors (Lipinski definition) is 3. The average Bonchev–Trinajstić information content (AvgIpc) is 2.40. The second kappa shape index (κ2) is 4.48. The minimum atomic E-state index is -0.521. The zero-order valence-corrected chi connectivity index (χ0v) is 10.5. The zero-order chi connectivity index (χ0) is 13.4. The minimum Gasteiger partial charge on any atom is -0.507 e. The van der Waals surface area contributed by atoms with Gasteiger partial charge in [0, 0.05) is 5.03 Å². The molecule has 1 atom stereocenters. The van der Waals surface area contributed by atoms with Crippen molar-refractivity contribution in [2.24, 2.45) is 15.9 Å². The number of carbonyl (C=O) groups is 1. The smallest absolute Gasteiger partial charge is 0.260 e. The number of aliphatic imine (C=N–C) groups is 2. The Hall–Kier alpha value is -2.20. The van der Waals surface area contributed by atoms with Crippen LogP contribution < -0.4 is 0 Å². The molecule has 0 fully saturated rings. The molecule has 0 saturated heterocycles. The van der Waals surface area contributed by atoms with Crippen molar-refractivity contribution in [3.05, 3.63) is 53.1 Å². The van der Waals surface area contributed by atoms with Crippen molar-refractivity contribution in [1.82, 2.24) is 0 Å². The Morgan fingerprint density at radius 1 is 1.16 bits per heavy atom. The van der Waals surface area contributed by atoms with E-state index in [0.717, 1.165) is 0 Å². The van der Waals surface area contributed by atoms with Gasteiger partial charge in [0.15, 0.2) is 5.84 Å². The Morgan fingerprint density at radius 3 is 2.74 bits per heavy atom. The Morgan fingerprint density at radius 2 is 1.95 bits per heavy atom. The first kappa shape index (κ1) is 11.9. The standard InChI is InChI=1S/C14H9ClN2O2/c15-8-5-6-11-10(7-8)14(19)17-13(16-11)9-3-1-2-4-12(9)18/h1-7,10,18H. The van der Waals surface area contributed by atoms with Crippen LogP contribution in [0.15, 0.2) is 57.5 Å². The maximum Gasteiger partial charge on any atom is 0.260 e. The summed E-state index contributed by atoms with van der Waals surface area (Å²) in [7, 11) is 0. The molecule has 4 nitrogen and oxygen atoms in total. The highest BCUT2D eigenvalue weighted by Crippen LogP contribution is 2.25. The molecule has 0 spiro atoms. The van der Waals surface area contributed by atoms with Crippen LogP contribution in [0.2, 0.25) is 0 Å². The van der Waals surface area contributed by atoms with Crippen molar-refractivity contribution in [2.75, 3.05) is 0 Å². The number of aromatic hydroxyl groups is 1. The second-order valence-corrected chi connectivity index (χ2v) is 4.63. The van der Waals surface area contributed by atoms with Crippen molar-refractivity contribution < 1.29 is 9.90 Å². The first-order valence-electron chi connectivity index (χ1n) is 5.70. The number of rotatable bonds is 1. The molecule has 2 aliphatic rings. The third-order valence-electron chi connectivity index (χ3n) is 2.92. The third-order valence-corrected chi connectivity index (χ3v) is 3.17. The highest BCUT2D eigenvalue weighted by molar-refractivity contribution is 6.34. The van der Waals surface area contributed by atoms with Crippen LogP contribution in [0.5, 0.6) is 5.75 Å². The van der Waals surface area contributed by atoms with Gasteiger partial charge in [-0.1, -0.05) is 23.7 Å². The molecule has 0 saturated carbocycles. The van der Waals surface area contributed by atoms with E-state index >= 15 is 0 Å². The maximum atomic E-state index is 12.0. The Kier molecular flexibility index (Phi) is 2.80. The molecule has 0 aromatic heterocycles. The van der Waals surface area contributed by atoms with Gasteiger partial charge >= 0.3 is 0 Å². The van der Waals surface area contributed by atoms with Gasteiger partial charge in [-0.05, 0) is 30.4 Å². The largest absolute Gasteiger partial charge is 0.507 e. The van der Waals surface area contributed by atoms with E-state index in [-0.39, 0.29) is 17.5 Å². The molecule has 5 heteroatoms. The molecule has 1 N–H and O–H groups in total. The molecule has 1 unspecified atom stereocenters. The summed E-state index contributed by atoms with van der Waals surface area (Å²) in [4.78, 5) is 20.2. The number of halogens is 1. The van der Waals surface area contributed by atoms with Crippen molar-refractivity contribution in [3.63, 3.8) is 0 Å². The maximum absolute atomic E-state index is 12.0. The van der Waals surface area contributed by atoms with Crippen LogP contribution in [-0.4, -0.2) is 22.6 Å². The summed E-state index contributed by atoms with van der Waals surface area (Å²) >= 11 is 5.86. The summed E-state index contributed by atoms with van der Waals surface area (Å²) in [6.07, 6.45) is 4.99. The highest BCUT2D eigenvalue weighted by Gasteiger charge is 2.28. The number of para-hydroxylation sites is 1. The van der Waals surface area contributed by atoms with Gasteiger partial charge in [0.1, 0.15) is 11.7 Å². The third kappa shape index (κ3) is 2.11. The Bertz CT molecular complexity index is 686. The number of allylic oxidation sites excluding steroid dienone is 3. The monoisotopic (exact) mass is 272 g/mol. The van der Waals surface area contributed by atoms with Crippen molar-refractivity contribution >= 4 is 29.1 Å². The van der Waals surface area contributed by atoms with Crippen molar-refractivity contribution in [1.29, 1.82) is 0 Å². The van der Waals surface area contributed by atoms with Crippen LogP contribution in [-0.2, 0) is 4.79 Å².